The molecular weight excluding hydrogens is 226 g/mol. The molecular formula is C15H21NS. The van der Waals surface area contributed by atoms with Gasteiger partial charge >= 0.3 is 0 Å². The summed E-state index contributed by atoms with van der Waals surface area (Å²) >= 11 is 1.85. The quantitative estimate of drug-likeness (QED) is 0.814. The van der Waals surface area contributed by atoms with E-state index in [4.69, 9.17) is 0 Å². The second-order valence-corrected chi connectivity index (χ2v) is 5.78. The molecule has 2 aromatic rings. The molecule has 1 atom stereocenters. The fourth-order valence-corrected chi connectivity index (χ4v) is 3.22. The number of rotatable bonds is 5. The molecule has 17 heavy (non-hydrogen) atoms. The van der Waals surface area contributed by atoms with Crippen LogP contribution in [0.3, 0.4) is 0 Å². The highest BCUT2D eigenvalue weighted by atomic mass is 32.1. The van der Waals surface area contributed by atoms with Crippen molar-refractivity contribution in [2.45, 2.75) is 33.2 Å². The highest BCUT2D eigenvalue weighted by Crippen LogP contribution is 2.32. The van der Waals surface area contributed by atoms with Gasteiger partial charge in [0.25, 0.3) is 0 Å². The van der Waals surface area contributed by atoms with E-state index in [-0.39, 0.29) is 0 Å². The van der Waals surface area contributed by atoms with E-state index in [9.17, 15) is 0 Å². The lowest BCUT2D eigenvalue weighted by molar-refractivity contribution is 0.415. The van der Waals surface area contributed by atoms with Crippen LogP contribution in [0, 0.1) is 5.92 Å². The molecule has 1 aromatic heterocycles. The van der Waals surface area contributed by atoms with Gasteiger partial charge < -0.3 is 5.32 Å². The lowest BCUT2D eigenvalue weighted by Crippen LogP contribution is -2.26. The van der Waals surface area contributed by atoms with Crippen LogP contribution in [-0.4, -0.2) is 6.54 Å². The molecule has 0 fully saturated rings. The summed E-state index contributed by atoms with van der Waals surface area (Å²) in [7, 11) is 0. The number of hydrogen-bond acceptors (Lipinski definition) is 2. The van der Waals surface area contributed by atoms with Crippen LogP contribution in [0.1, 0.15) is 38.8 Å². The first-order valence-corrected chi connectivity index (χ1v) is 7.31. The molecule has 0 aliphatic carbocycles. The predicted octanol–water partition coefficient (Wildman–Crippen LogP) is 4.60. The molecule has 92 valence electrons. The Bertz CT molecular complexity index is 472. The minimum absolute atomic E-state index is 0.470. The van der Waals surface area contributed by atoms with E-state index < -0.39 is 0 Å². The number of benzene rings is 1. The highest BCUT2D eigenvalue weighted by Gasteiger charge is 2.17. The van der Waals surface area contributed by atoms with Crippen LogP contribution in [0.5, 0.6) is 0 Å². The highest BCUT2D eigenvalue weighted by molar-refractivity contribution is 7.17. The van der Waals surface area contributed by atoms with Gasteiger partial charge in [0.1, 0.15) is 0 Å². The molecule has 0 radical (unpaired) electrons. The Labute approximate surface area is 108 Å². The van der Waals surface area contributed by atoms with Gasteiger partial charge in [-0.1, -0.05) is 39.0 Å². The van der Waals surface area contributed by atoms with E-state index in [1.807, 2.05) is 11.3 Å². The van der Waals surface area contributed by atoms with Crippen molar-refractivity contribution in [1.82, 2.24) is 5.32 Å². The average molecular weight is 247 g/mol. The lowest BCUT2D eigenvalue weighted by Gasteiger charge is -2.23. The minimum Gasteiger partial charge on any atom is -0.310 e. The van der Waals surface area contributed by atoms with Crippen molar-refractivity contribution in [3.8, 4) is 0 Å². The second-order valence-electron chi connectivity index (χ2n) is 4.86. The van der Waals surface area contributed by atoms with Crippen LogP contribution in [0.15, 0.2) is 29.6 Å². The molecule has 0 aliphatic rings. The van der Waals surface area contributed by atoms with E-state index in [1.54, 1.807) is 0 Å². The van der Waals surface area contributed by atoms with Gasteiger partial charge in [-0.15, -0.1) is 11.3 Å². The van der Waals surface area contributed by atoms with Crippen LogP contribution in [-0.2, 0) is 0 Å². The van der Waals surface area contributed by atoms with Crippen LogP contribution in [0.2, 0.25) is 0 Å². The van der Waals surface area contributed by atoms with Gasteiger partial charge in [-0.25, -0.2) is 0 Å². The maximum Gasteiger partial charge on any atom is 0.0390 e. The van der Waals surface area contributed by atoms with E-state index in [1.165, 1.54) is 22.1 Å². The standard InChI is InChI=1S/C15H21NS/c1-4-9-16-14(11(2)3)13-7-5-6-12-8-10-17-15(12)13/h5-8,10-11,14,16H,4,9H2,1-3H3. The van der Waals surface area contributed by atoms with Crippen molar-refractivity contribution in [2.75, 3.05) is 6.54 Å². The summed E-state index contributed by atoms with van der Waals surface area (Å²) in [5.74, 6) is 0.620. The number of nitrogens with one attached hydrogen (secondary N) is 1. The van der Waals surface area contributed by atoms with Gasteiger partial charge in [-0.05, 0) is 41.3 Å². The summed E-state index contributed by atoms with van der Waals surface area (Å²) in [6.45, 7) is 7.89. The Hall–Kier alpha value is -0.860. The van der Waals surface area contributed by atoms with Crippen molar-refractivity contribution in [3.05, 3.63) is 35.2 Å². The third-order valence-corrected chi connectivity index (χ3v) is 4.10. The van der Waals surface area contributed by atoms with Crippen molar-refractivity contribution < 1.29 is 0 Å². The Morgan fingerprint density at radius 1 is 1.24 bits per heavy atom. The van der Waals surface area contributed by atoms with Crippen LogP contribution >= 0.6 is 11.3 Å². The van der Waals surface area contributed by atoms with Crippen LogP contribution in [0.25, 0.3) is 10.1 Å². The molecule has 0 aliphatic heterocycles. The molecule has 0 spiro atoms. The molecule has 0 bridgehead atoms. The summed E-state index contributed by atoms with van der Waals surface area (Å²) in [5, 5.41) is 7.23. The van der Waals surface area contributed by atoms with E-state index >= 15 is 0 Å². The van der Waals surface area contributed by atoms with E-state index in [0.717, 1.165) is 6.54 Å². The monoisotopic (exact) mass is 247 g/mol. The van der Waals surface area contributed by atoms with Gasteiger partial charge in [0, 0.05) is 10.7 Å². The minimum atomic E-state index is 0.470. The van der Waals surface area contributed by atoms with Gasteiger partial charge in [-0.2, -0.15) is 0 Å². The fraction of sp³-hybridized carbons (Fsp3) is 0.467. The van der Waals surface area contributed by atoms with E-state index in [2.05, 4.69) is 55.7 Å². The molecule has 1 aromatic carbocycles. The molecule has 1 nitrogen and oxygen atoms in total. The largest absolute Gasteiger partial charge is 0.310 e. The normalized spacial score (nSPS) is 13.4. The average Bonchev–Trinajstić information content (AvgIpc) is 2.77. The first-order valence-electron chi connectivity index (χ1n) is 6.43. The van der Waals surface area contributed by atoms with Gasteiger partial charge in [0.2, 0.25) is 0 Å². The summed E-state index contributed by atoms with van der Waals surface area (Å²) in [6.07, 6.45) is 1.18. The molecule has 0 saturated carbocycles. The van der Waals surface area contributed by atoms with Crippen LogP contribution < -0.4 is 5.32 Å². The topological polar surface area (TPSA) is 12.0 Å². The molecule has 2 rings (SSSR count). The first kappa shape index (κ1) is 12.6. The van der Waals surface area contributed by atoms with Gasteiger partial charge in [0.15, 0.2) is 0 Å². The maximum atomic E-state index is 3.67. The zero-order valence-corrected chi connectivity index (χ0v) is 11.7. The molecule has 0 amide bonds. The Kier molecular flexibility index (Phi) is 4.19. The van der Waals surface area contributed by atoms with Crippen molar-refractivity contribution in [1.29, 1.82) is 0 Å². The molecule has 1 unspecified atom stereocenters. The summed E-state index contributed by atoms with van der Waals surface area (Å²) in [6, 6.07) is 9.32. The predicted molar refractivity (Wildman–Crippen MR) is 77.7 cm³/mol. The Morgan fingerprint density at radius 3 is 2.76 bits per heavy atom. The van der Waals surface area contributed by atoms with Gasteiger partial charge in [-0.3, -0.25) is 0 Å². The maximum absolute atomic E-state index is 3.67. The van der Waals surface area contributed by atoms with E-state index in [0.29, 0.717) is 12.0 Å². The molecule has 0 saturated heterocycles. The third kappa shape index (κ3) is 2.70. The van der Waals surface area contributed by atoms with Crippen LogP contribution in [0.4, 0.5) is 0 Å². The second kappa shape index (κ2) is 5.65. The fourth-order valence-electron chi connectivity index (χ4n) is 2.27. The zero-order valence-electron chi connectivity index (χ0n) is 10.9. The van der Waals surface area contributed by atoms with Crippen molar-refractivity contribution >= 4 is 21.4 Å². The van der Waals surface area contributed by atoms with Crippen molar-refractivity contribution in [3.63, 3.8) is 0 Å². The molecule has 2 heteroatoms. The van der Waals surface area contributed by atoms with Gasteiger partial charge in [0.05, 0.1) is 0 Å². The molecule has 1 N–H and O–H groups in total. The number of fused-ring (bicyclic) bond motifs is 1. The Balaban J connectivity index is 2.37. The SMILES string of the molecule is CCCNC(c1cccc2ccsc12)C(C)C. The first-order chi connectivity index (χ1) is 8.24. The summed E-state index contributed by atoms with van der Waals surface area (Å²) in [5.41, 5.74) is 1.46. The number of hydrogen-bond donors (Lipinski definition) is 1. The summed E-state index contributed by atoms with van der Waals surface area (Å²) < 4.78 is 1.44. The summed E-state index contributed by atoms with van der Waals surface area (Å²) in [4.78, 5) is 0. The lowest BCUT2D eigenvalue weighted by atomic mass is 9.95. The van der Waals surface area contributed by atoms with Crippen molar-refractivity contribution in [2.24, 2.45) is 5.92 Å². The number of thiophene rings is 1. The smallest absolute Gasteiger partial charge is 0.0390 e. The third-order valence-electron chi connectivity index (χ3n) is 3.13. The Morgan fingerprint density at radius 2 is 2.06 bits per heavy atom. The zero-order chi connectivity index (χ0) is 12.3. The molecule has 1 heterocycles.